The molecule has 1 saturated heterocycles. The largest absolute Gasteiger partial charge is 0.369 e. The zero-order valence-corrected chi connectivity index (χ0v) is 15.2. The molecular formula is C22H26N2O2. The number of carbonyl (C=O) groups is 2. The zero-order chi connectivity index (χ0) is 18.5. The van der Waals surface area contributed by atoms with Crippen LogP contribution in [0.3, 0.4) is 0 Å². The third-order valence-electron chi connectivity index (χ3n) is 5.39. The van der Waals surface area contributed by atoms with Crippen LogP contribution in [0.1, 0.15) is 41.9 Å². The van der Waals surface area contributed by atoms with Crippen molar-refractivity contribution in [2.24, 2.45) is 11.7 Å². The van der Waals surface area contributed by atoms with E-state index in [2.05, 4.69) is 31.2 Å². The van der Waals surface area contributed by atoms with E-state index in [-0.39, 0.29) is 23.7 Å². The molecule has 1 aliphatic heterocycles. The van der Waals surface area contributed by atoms with E-state index in [9.17, 15) is 9.59 Å². The number of nitrogens with two attached hydrogens (primary N) is 1. The fourth-order valence-corrected chi connectivity index (χ4v) is 3.79. The number of aryl methyl sites for hydroxylation is 1. The van der Waals surface area contributed by atoms with Crippen molar-refractivity contribution in [3.63, 3.8) is 0 Å². The molecule has 4 nitrogen and oxygen atoms in total. The molecule has 2 N–H and O–H groups in total. The molecule has 136 valence electrons. The molecule has 0 radical (unpaired) electrons. The maximum atomic E-state index is 13.0. The summed E-state index contributed by atoms with van der Waals surface area (Å²) in [4.78, 5) is 26.2. The zero-order valence-electron chi connectivity index (χ0n) is 15.2. The van der Waals surface area contributed by atoms with Crippen molar-refractivity contribution in [1.29, 1.82) is 0 Å². The Kier molecular flexibility index (Phi) is 5.71. The normalized spacial score (nSPS) is 16.3. The van der Waals surface area contributed by atoms with Gasteiger partial charge >= 0.3 is 0 Å². The van der Waals surface area contributed by atoms with Crippen molar-refractivity contribution in [2.75, 3.05) is 13.1 Å². The predicted octanol–water partition coefficient (Wildman–Crippen LogP) is 3.24. The standard InChI is InChI=1S/C22H26N2O2/c1-16-7-5-6-10-19(16)20(17-8-3-2-4-9-17)15-21(25)24-13-11-18(12-14-24)22(23)26/h2-10,18,20H,11-15H2,1H3,(H2,23,26)/t20-/m0/s1. The highest BCUT2D eigenvalue weighted by Crippen LogP contribution is 2.31. The van der Waals surface area contributed by atoms with Crippen molar-refractivity contribution < 1.29 is 9.59 Å². The second kappa shape index (κ2) is 8.17. The molecule has 4 heteroatoms. The van der Waals surface area contributed by atoms with Crippen LogP contribution in [0, 0.1) is 12.8 Å². The Bertz CT molecular complexity index is 765. The number of likely N-dealkylation sites (tertiary alicyclic amines) is 1. The number of primary amides is 1. The summed E-state index contributed by atoms with van der Waals surface area (Å²) in [6, 6.07) is 18.5. The highest BCUT2D eigenvalue weighted by atomic mass is 16.2. The lowest BCUT2D eigenvalue weighted by Crippen LogP contribution is -2.42. The molecule has 0 unspecified atom stereocenters. The molecule has 1 aliphatic rings. The molecule has 1 heterocycles. The molecular weight excluding hydrogens is 324 g/mol. The minimum Gasteiger partial charge on any atom is -0.369 e. The van der Waals surface area contributed by atoms with Gasteiger partial charge in [0.15, 0.2) is 0 Å². The van der Waals surface area contributed by atoms with E-state index in [4.69, 9.17) is 5.73 Å². The van der Waals surface area contributed by atoms with Crippen LogP contribution in [0.25, 0.3) is 0 Å². The molecule has 1 atom stereocenters. The van der Waals surface area contributed by atoms with Gasteiger partial charge < -0.3 is 10.6 Å². The summed E-state index contributed by atoms with van der Waals surface area (Å²) in [6.45, 7) is 3.32. The van der Waals surface area contributed by atoms with Crippen molar-refractivity contribution in [3.05, 3.63) is 71.3 Å². The van der Waals surface area contributed by atoms with Gasteiger partial charge in [-0.2, -0.15) is 0 Å². The summed E-state index contributed by atoms with van der Waals surface area (Å²) < 4.78 is 0. The van der Waals surface area contributed by atoms with E-state index in [0.717, 1.165) is 5.56 Å². The van der Waals surface area contributed by atoms with Gasteiger partial charge in [-0.15, -0.1) is 0 Å². The SMILES string of the molecule is Cc1ccccc1[C@@H](CC(=O)N1CCC(C(N)=O)CC1)c1ccccc1. The molecule has 3 rings (SSSR count). The van der Waals surface area contributed by atoms with Gasteiger partial charge in [-0.1, -0.05) is 54.6 Å². The Labute approximate surface area is 155 Å². The van der Waals surface area contributed by atoms with Gasteiger partial charge in [-0.25, -0.2) is 0 Å². The molecule has 0 aromatic heterocycles. The van der Waals surface area contributed by atoms with Crippen molar-refractivity contribution >= 4 is 11.8 Å². The van der Waals surface area contributed by atoms with Crippen LogP contribution in [-0.4, -0.2) is 29.8 Å². The van der Waals surface area contributed by atoms with Crippen molar-refractivity contribution in [1.82, 2.24) is 4.90 Å². The molecule has 2 amide bonds. The van der Waals surface area contributed by atoms with Crippen LogP contribution < -0.4 is 5.73 Å². The lowest BCUT2D eigenvalue weighted by Gasteiger charge is -2.32. The van der Waals surface area contributed by atoms with Crippen LogP contribution in [-0.2, 0) is 9.59 Å². The number of hydrogen-bond acceptors (Lipinski definition) is 2. The Morgan fingerprint density at radius 2 is 1.65 bits per heavy atom. The third kappa shape index (κ3) is 4.13. The van der Waals surface area contributed by atoms with Crippen molar-refractivity contribution in [3.8, 4) is 0 Å². The Balaban J connectivity index is 1.78. The number of rotatable bonds is 5. The first-order valence-corrected chi connectivity index (χ1v) is 9.24. The number of carbonyl (C=O) groups excluding carboxylic acids is 2. The average molecular weight is 350 g/mol. The van der Waals surface area contributed by atoms with E-state index in [1.807, 2.05) is 35.2 Å². The number of hydrogen-bond donors (Lipinski definition) is 1. The molecule has 0 spiro atoms. The topological polar surface area (TPSA) is 63.4 Å². The minimum absolute atomic E-state index is 0.0405. The maximum Gasteiger partial charge on any atom is 0.223 e. The summed E-state index contributed by atoms with van der Waals surface area (Å²) in [5.74, 6) is -0.164. The van der Waals surface area contributed by atoms with Gasteiger partial charge in [0, 0.05) is 31.3 Å². The summed E-state index contributed by atoms with van der Waals surface area (Å²) in [7, 11) is 0. The summed E-state index contributed by atoms with van der Waals surface area (Å²) >= 11 is 0. The summed E-state index contributed by atoms with van der Waals surface area (Å²) in [5.41, 5.74) is 8.94. The molecule has 26 heavy (non-hydrogen) atoms. The van der Waals surface area contributed by atoms with Gasteiger partial charge in [-0.05, 0) is 36.5 Å². The van der Waals surface area contributed by atoms with Crippen LogP contribution in [0.4, 0.5) is 0 Å². The fraction of sp³-hybridized carbons (Fsp3) is 0.364. The van der Waals surface area contributed by atoms with Gasteiger partial charge in [0.05, 0.1) is 0 Å². The van der Waals surface area contributed by atoms with Crippen LogP contribution in [0.5, 0.6) is 0 Å². The predicted molar refractivity (Wildman–Crippen MR) is 103 cm³/mol. The maximum absolute atomic E-state index is 13.0. The average Bonchev–Trinajstić information content (AvgIpc) is 2.67. The molecule has 1 fully saturated rings. The Morgan fingerprint density at radius 1 is 1.04 bits per heavy atom. The van der Waals surface area contributed by atoms with E-state index in [1.165, 1.54) is 11.1 Å². The smallest absolute Gasteiger partial charge is 0.223 e. The minimum atomic E-state index is -0.251. The highest BCUT2D eigenvalue weighted by molar-refractivity contribution is 5.79. The lowest BCUT2D eigenvalue weighted by molar-refractivity contribution is -0.135. The number of piperidine rings is 1. The Morgan fingerprint density at radius 3 is 2.27 bits per heavy atom. The van der Waals surface area contributed by atoms with E-state index in [1.54, 1.807) is 0 Å². The van der Waals surface area contributed by atoms with Gasteiger partial charge in [-0.3, -0.25) is 9.59 Å². The summed E-state index contributed by atoms with van der Waals surface area (Å²) in [5, 5.41) is 0. The first-order valence-electron chi connectivity index (χ1n) is 9.24. The molecule has 2 aromatic rings. The van der Waals surface area contributed by atoms with Crippen LogP contribution in [0.2, 0.25) is 0 Å². The van der Waals surface area contributed by atoms with Crippen LogP contribution >= 0.6 is 0 Å². The monoisotopic (exact) mass is 350 g/mol. The van der Waals surface area contributed by atoms with E-state index >= 15 is 0 Å². The molecule has 0 saturated carbocycles. The Hall–Kier alpha value is -2.62. The van der Waals surface area contributed by atoms with Crippen molar-refractivity contribution in [2.45, 2.75) is 32.1 Å². The van der Waals surface area contributed by atoms with Gasteiger partial charge in [0.25, 0.3) is 0 Å². The highest BCUT2D eigenvalue weighted by Gasteiger charge is 2.28. The summed E-state index contributed by atoms with van der Waals surface area (Å²) in [6.07, 6.45) is 1.78. The molecule has 0 aliphatic carbocycles. The third-order valence-corrected chi connectivity index (χ3v) is 5.39. The quantitative estimate of drug-likeness (QED) is 0.900. The number of nitrogens with zero attached hydrogens (tertiary/aromatic N) is 1. The fourth-order valence-electron chi connectivity index (χ4n) is 3.79. The number of amides is 2. The lowest BCUT2D eigenvalue weighted by atomic mass is 9.85. The van der Waals surface area contributed by atoms with Gasteiger partial charge in [0.2, 0.25) is 11.8 Å². The number of benzene rings is 2. The molecule has 0 bridgehead atoms. The van der Waals surface area contributed by atoms with E-state index < -0.39 is 0 Å². The molecule has 2 aromatic carbocycles. The van der Waals surface area contributed by atoms with Gasteiger partial charge in [0.1, 0.15) is 0 Å². The second-order valence-corrected chi connectivity index (χ2v) is 7.08. The second-order valence-electron chi connectivity index (χ2n) is 7.08. The first-order chi connectivity index (χ1) is 12.6. The first kappa shape index (κ1) is 18.2. The van der Waals surface area contributed by atoms with E-state index in [0.29, 0.717) is 32.4 Å². The van der Waals surface area contributed by atoms with Crippen LogP contribution in [0.15, 0.2) is 54.6 Å².